The van der Waals surface area contributed by atoms with E-state index >= 15 is 0 Å². The summed E-state index contributed by atoms with van der Waals surface area (Å²) in [4.78, 5) is 5.35. The molecular weight excluding hydrogens is 262 g/mol. The summed E-state index contributed by atoms with van der Waals surface area (Å²) in [6, 6.07) is 1.36. The molecule has 0 aromatic carbocycles. The summed E-state index contributed by atoms with van der Waals surface area (Å²) in [6.07, 6.45) is 7.87. The number of rotatable bonds is 6. The van der Waals surface area contributed by atoms with Crippen LogP contribution >= 0.6 is 0 Å². The number of aliphatic hydroxyl groups excluding tert-OH is 1. The van der Waals surface area contributed by atoms with Gasteiger partial charge in [0.15, 0.2) is 0 Å². The van der Waals surface area contributed by atoms with Crippen LogP contribution in [0.4, 0.5) is 0 Å². The predicted molar refractivity (Wildman–Crippen MR) is 88.6 cm³/mol. The number of nitrogens with zero attached hydrogens (tertiary/aromatic N) is 2. The molecule has 2 aliphatic heterocycles. The van der Waals surface area contributed by atoms with Crippen LogP contribution < -0.4 is 5.32 Å². The molecule has 0 radical (unpaired) electrons. The van der Waals surface area contributed by atoms with Crippen molar-refractivity contribution in [3.63, 3.8) is 0 Å². The Morgan fingerprint density at radius 1 is 1.14 bits per heavy atom. The summed E-state index contributed by atoms with van der Waals surface area (Å²) in [7, 11) is 1.95. The second kappa shape index (κ2) is 7.91. The molecule has 0 spiro atoms. The summed E-state index contributed by atoms with van der Waals surface area (Å²) < 4.78 is 0. The summed E-state index contributed by atoms with van der Waals surface area (Å²) in [5.41, 5.74) is -0.150. The highest BCUT2D eigenvalue weighted by molar-refractivity contribution is 4.89. The molecule has 0 aromatic rings. The van der Waals surface area contributed by atoms with Gasteiger partial charge in [-0.2, -0.15) is 0 Å². The van der Waals surface area contributed by atoms with Crippen LogP contribution in [-0.4, -0.2) is 72.4 Å². The van der Waals surface area contributed by atoms with Gasteiger partial charge in [0, 0.05) is 17.6 Å². The molecule has 0 bridgehead atoms. The van der Waals surface area contributed by atoms with Crippen LogP contribution in [0.1, 0.15) is 52.4 Å². The summed E-state index contributed by atoms with van der Waals surface area (Å²) >= 11 is 0. The Balaban J connectivity index is 1.77. The van der Waals surface area contributed by atoms with E-state index in [1.807, 2.05) is 7.05 Å². The standard InChI is InChI=1S/C17H35N3O/c1-15(13-17(2,14-21)18-3)19-11-7-16(8-12-19)20-9-5-4-6-10-20/h15-16,18,21H,4-14H2,1-3H3. The van der Waals surface area contributed by atoms with E-state index in [1.165, 1.54) is 58.3 Å². The normalized spacial score (nSPS) is 27.4. The van der Waals surface area contributed by atoms with E-state index in [0.29, 0.717) is 6.04 Å². The van der Waals surface area contributed by atoms with Gasteiger partial charge in [-0.3, -0.25) is 0 Å². The van der Waals surface area contributed by atoms with Crippen molar-refractivity contribution in [2.45, 2.75) is 70.0 Å². The summed E-state index contributed by atoms with van der Waals surface area (Å²) in [5, 5.41) is 12.8. The first-order chi connectivity index (χ1) is 10.1. The number of likely N-dealkylation sites (N-methyl/N-ethyl adjacent to an activating group) is 1. The zero-order chi connectivity index (χ0) is 15.3. The average molecular weight is 297 g/mol. The molecule has 2 saturated heterocycles. The van der Waals surface area contributed by atoms with Crippen molar-refractivity contribution in [3.05, 3.63) is 0 Å². The van der Waals surface area contributed by atoms with Crippen LogP contribution in [0.5, 0.6) is 0 Å². The van der Waals surface area contributed by atoms with E-state index in [0.717, 1.165) is 12.5 Å². The Bertz CT molecular complexity index is 292. The van der Waals surface area contributed by atoms with Crippen LogP contribution in [-0.2, 0) is 0 Å². The van der Waals surface area contributed by atoms with Gasteiger partial charge in [0.1, 0.15) is 0 Å². The number of hydrogen-bond donors (Lipinski definition) is 2. The molecule has 2 rings (SSSR count). The molecule has 0 aromatic heterocycles. The van der Waals surface area contributed by atoms with Gasteiger partial charge < -0.3 is 20.2 Å². The Morgan fingerprint density at radius 3 is 2.29 bits per heavy atom. The molecule has 21 heavy (non-hydrogen) atoms. The molecule has 4 heteroatoms. The molecule has 2 N–H and O–H groups in total. The average Bonchev–Trinajstić information content (AvgIpc) is 2.55. The van der Waals surface area contributed by atoms with E-state index in [-0.39, 0.29) is 12.1 Å². The van der Waals surface area contributed by atoms with Crippen molar-refractivity contribution in [2.24, 2.45) is 0 Å². The van der Waals surface area contributed by atoms with Gasteiger partial charge in [0.05, 0.1) is 6.61 Å². The second-order valence-electron chi connectivity index (χ2n) is 7.39. The van der Waals surface area contributed by atoms with Crippen molar-refractivity contribution in [2.75, 3.05) is 39.8 Å². The van der Waals surface area contributed by atoms with Crippen LogP contribution in [0.2, 0.25) is 0 Å². The molecule has 2 unspecified atom stereocenters. The quantitative estimate of drug-likeness (QED) is 0.782. The van der Waals surface area contributed by atoms with E-state index in [2.05, 4.69) is 29.0 Å². The lowest BCUT2D eigenvalue weighted by Crippen LogP contribution is -2.52. The van der Waals surface area contributed by atoms with Crippen LogP contribution in [0.15, 0.2) is 0 Å². The fourth-order valence-electron chi connectivity index (χ4n) is 4.00. The van der Waals surface area contributed by atoms with E-state index < -0.39 is 0 Å². The maximum atomic E-state index is 9.56. The molecule has 0 saturated carbocycles. The lowest BCUT2D eigenvalue weighted by molar-refractivity contribution is 0.0596. The molecule has 2 atom stereocenters. The molecule has 124 valence electrons. The van der Waals surface area contributed by atoms with Gasteiger partial charge >= 0.3 is 0 Å². The zero-order valence-corrected chi connectivity index (χ0v) is 14.3. The smallest absolute Gasteiger partial charge is 0.0611 e. The fourth-order valence-corrected chi connectivity index (χ4v) is 4.00. The lowest BCUT2D eigenvalue weighted by Gasteiger charge is -2.43. The van der Waals surface area contributed by atoms with Gasteiger partial charge in [0.25, 0.3) is 0 Å². The molecular formula is C17H35N3O. The topological polar surface area (TPSA) is 38.7 Å². The minimum atomic E-state index is -0.150. The minimum absolute atomic E-state index is 0.150. The maximum Gasteiger partial charge on any atom is 0.0611 e. The van der Waals surface area contributed by atoms with E-state index in [4.69, 9.17) is 0 Å². The van der Waals surface area contributed by atoms with Crippen LogP contribution in [0.3, 0.4) is 0 Å². The number of aliphatic hydroxyl groups is 1. The molecule has 2 heterocycles. The van der Waals surface area contributed by atoms with Crippen LogP contribution in [0, 0.1) is 0 Å². The van der Waals surface area contributed by atoms with Crippen molar-refractivity contribution in [1.82, 2.24) is 15.1 Å². The minimum Gasteiger partial charge on any atom is -0.394 e. The van der Waals surface area contributed by atoms with Crippen molar-refractivity contribution >= 4 is 0 Å². The van der Waals surface area contributed by atoms with Gasteiger partial charge in [-0.1, -0.05) is 6.42 Å². The zero-order valence-electron chi connectivity index (χ0n) is 14.3. The van der Waals surface area contributed by atoms with Crippen molar-refractivity contribution in [3.8, 4) is 0 Å². The highest BCUT2D eigenvalue weighted by Gasteiger charge is 2.31. The Hall–Kier alpha value is -0.160. The third-order valence-corrected chi connectivity index (χ3v) is 5.73. The van der Waals surface area contributed by atoms with Gasteiger partial charge in [-0.15, -0.1) is 0 Å². The van der Waals surface area contributed by atoms with Gasteiger partial charge in [-0.25, -0.2) is 0 Å². The van der Waals surface area contributed by atoms with Gasteiger partial charge in [-0.05, 0) is 79.2 Å². The highest BCUT2D eigenvalue weighted by Crippen LogP contribution is 2.24. The summed E-state index contributed by atoms with van der Waals surface area (Å²) in [5.74, 6) is 0. The second-order valence-corrected chi connectivity index (χ2v) is 7.39. The first kappa shape index (κ1) is 17.2. The van der Waals surface area contributed by atoms with Crippen molar-refractivity contribution in [1.29, 1.82) is 0 Å². The Kier molecular flexibility index (Phi) is 6.48. The lowest BCUT2D eigenvalue weighted by atomic mass is 9.92. The summed E-state index contributed by atoms with van der Waals surface area (Å²) in [6.45, 7) is 9.71. The molecule has 0 aliphatic carbocycles. The first-order valence-electron chi connectivity index (χ1n) is 8.86. The number of piperidine rings is 2. The maximum absolute atomic E-state index is 9.56. The van der Waals surface area contributed by atoms with E-state index in [1.54, 1.807) is 0 Å². The molecule has 2 aliphatic rings. The molecule has 0 amide bonds. The largest absolute Gasteiger partial charge is 0.394 e. The first-order valence-corrected chi connectivity index (χ1v) is 8.86. The Labute approximate surface area is 130 Å². The van der Waals surface area contributed by atoms with E-state index in [9.17, 15) is 5.11 Å². The monoisotopic (exact) mass is 297 g/mol. The SMILES string of the molecule is CNC(C)(CO)CC(C)N1CCC(N2CCCCC2)CC1. The molecule has 4 nitrogen and oxygen atoms in total. The predicted octanol–water partition coefficient (Wildman–Crippen LogP) is 1.69. The van der Waals surface area contributed by atoms with Gasteiger partial charge in [0.2, 0.25) is 0 Å². The Morgan fingerprint density at radius 2 is 1.76 bits per heavy atom. The number of nitrogens with one attached hydrogen (secondary N) is 1. The van der Waals surface area contributed by atoms with Crippen LogP contribution in [0.25, 0.3) is 0 Å². The third-order valence-electron chi connectivity index (χ3n) is 5.73. The molecule has 2 fully saturated rings. The number of likely N-dealkylation sites (tertiary alicyclic amines) is 2. The number of hydrogen-bond acceptors (Lipinski definition) is 4. The third kappa shape index (κ3) is 4.65. The van der Waals surface area contributed by atoms with Crippen molar-refractivity contribution < 1.29 is 5.11 Å². The highest BCUT2D eigenvalue weighted by atomic mass is 16.3. The fraction of sp³-hybridized carbons (Fsp3) is 1.00.